The maximum Gasteiger partial charge on any atom is 0.307 e. The lowest BCUT2D eigenvalue weighted by Crippen LogP contribution is -2.34. The lowest BCUT2D eigenvalue weighted by atomic mass is 9.66. The van der Waals surface area contributed by atoms with Crippen molar-refractivity contribution in [2.45, 2.75) is 58.9 Å². The monoisotopic (exact) mass is 264 g/mol. The van der Waals surface area contributed by atoms with E-state index in [0.717, 1.165) is 37.9 Å². The molecular weight excluding hydrogens is 240 g/mol. The predicted octanol–water partition coefficient (Wildman–Crippen LogP) is 3.29. The molecule has 0 saturated heterocycles. The average Bonchev–Trinajstić information content (AvgIpc) is 2.76. The van der Waals surface area contributed by atoms with E-state index >= 15 is 0 Å². The van der Waals surface area contributed by atoms with Gasteiger partial charge >= 0.3 is 5.97 Å². The zero-order valence-electron chi connectivity index (χ0n) is 12.1. The van der Waals surface area contributed by atoms with Gasteiger partial charge in [0.15, 0.2) is 0 Å². The minimum absolute atomic E-state index is 0.0929. The fraction of sp³-hybridized carbons (Fsp3) is 0.733. The van der Waals surface area contributed by atoms with E-state index in [2.05, 4.69) is 25.9 Å². The van der Waals surface area contributed by atoms with Crippen LogP contribution in [0, 0.1) is 11.3 Å². The number of aliphatic carboxylic acids is 1. The molecule has 0 spiro atoms. The van der Waals surface area contributed by atoms with Gasteiger partial charge in [0, 0.05) is 24.4 Å². The summed E-state index contributed by atoms with van der Waals surface area (Å²) in [5, 5.41) is 13.8. The molecule has 1 N–H and O–H groups in total. The highest BCUT2D eigenvalue weighted by atomic mass is 16.4. The van der Waals surface area contributed by atoms with Gasteiger partial charge in [0.1, 0.15) is 0 Å². The van der Waals surface area contributed by atoms with Gasteiger partial charge in [-0.1, -0.05) is 20.8 Å². The Morgan fingerprint density at radius 2 is 2.32 bits per heavy atom. The number of hydrogen-bond acceptors (Lipinski definition) is 2. The second kappa shape index (κ2) is 5.35. The summed E-state index contributed by atoms with van der Waals surface area (Å²) in [6, 6.07) is 2.00. The Hall–Kier alpha value is -1.32. The summed E-state index contributed by atoms with van der Waals surface area (Å²) in [5.74, 6) is -0.833. The maximum atomic E-state index is 11.5. The van der Waals surface area contributed by atoms with Crippen LogP contribution in [0.2, 0.25) is 0 Å². The highest BCUT2D eigenvalue weighted by Gasteiger charge is 2.40. The van der Waals surface area contributed by atoms with E-state index in [0.29, 0.717) is 0 Å². The molecule has 1 saturated carbocycles. The van der Waals surface area contributed by atoms with Crippen LogP contribution in [0.3, 0.4) is 0 Å². The van der Waals surface area contributed by atoms with Crippen molar-refractivity contribution in [3.8, 4) is 0 Å². The van der Waals surface area contributed by atoms with Crippen LogP contribution < -0.4 is 0 Å². The first kappa shape index (κ1) is 14.1. The molecule has 2 unspecified atom stereocenters. The van der Waals surface area contributed by atoms with E-state index in [9.17, 15) is 9.90 Å². The van der Waals surface area contributed by atoms with Crippen molar-refractivity contribution >= 4 is 5.97 Å². The summed E-state index contributed by atoms with van der Waals surface area (Å²) in [7, 11) is 0. The maximum absolute atomic E-state index is 11.5. The van der Waals surface area contributed by atoms with E-state index in [4.69, 9.17) is 0 Å². The lowest BCUT2D eigenvalue weighted by Gasteiger charge is -2.39. The van der Waals surface area contributed by atoms with Gasteiger partial charge in [-0.2, -0.15) is 5.10 Å². The van der Waals surface area contributed by atoms with Crippen molar-refractivity contribution in [3.63, 3.8) is 0 Å². The van der Waals surface area contributed by atoms with E-state index in [1.165, 1.54) is 0 Å². The van der Waals surface area contributed by atoms with Crippen molar-refractivity contribution in [3.05, 3.63) is 18.0 Å². The smallest absolute Gasteiger partial charge is 0.307 e. The minimum atomic E-state index is -0.662. The molecule has 0 aromatic carbocycles. The van der Waals surface area contributed by atoms with Gasteiger partial charge < -0.3 is 5.11 Å². The summed E-state index contributed by atoms with van der Waals surface area (Å²) < 4.78 is 1.99. The van der Waals surface area contributed by atoms with Crippen LogP contribution in [0.25, 0.3) is 0 Å². The van der Waals surface area contributed by atoms with Crippen LogP contribution >= 0.6 is 0 Å². The standard InChI is InChI=1S/C15H24N2O2/c1-4-9-17-13(6-8-16-17)12-10-15(2,3)7-5-11(12)14(18)19/h6,8,11-12H,4-5,7,9-10H2,1-3H3,(H,18,19). The summed E-state index contributed by atoms with van der Waals surface area (Å²) in [6.07, 6.45) is 5.50. The zero-order valence-corrected chi connectivity index (χ0v) is 12.1. The lowest BCUT2D eigenvalue weighted by molar-refractivity contribution is -0.144. The highest BCUT2D eigenvalue weighted by molar-refractivity contribution is 5.71. The largest absolute Gasteiger partial charge is 0.481 e. The van der Waals surface area contributed by atoms with Crippen molar-refractivity contribution < 1.29 is 9.90 Å². The van der Waals surface area contributed by atoms with E-state index in [-0.39, 0.29) is 17.3 Å². The number of nitrogens with zero attached hydrogens (tertiary/aromatic N) is 2. The van der Waals surface area contributed by atoms with Crippen LogP contribution in [0.1, 0.15) is 58.1 Å². The second-order valence-electron chi connectivity index (χ2n) is 6.44. The first-order valence-electron chi connectivity index (χ1n) is 7.19. The van der Waals surface area contributed by atoms with Gasteiger partial charge in [0.2, 0.25) is 0 Å². The summed E-state index contributed by atoms with van der Waals surface area (Å²) in [4.78, 5) is 11.5. The molecule has 2 atom stereocenters. The van der Waals surface area contributed by atoms with E-state index < -0.39 is 5.97 Å². The molecule has 0 amide bonds. The van der Waals surface area contributed by atoms with Crippen LogP contribution in [0.5, 0.6) is 0 Å². The number of rotatable bonds is 4. The number of aryl methyl sites for hydroxylation is 1. The number of hydrogen-bond donors (Lipinski definition) is 1. The van der Waals surface area contributed by atoms with Gasteiger partial charge in [-0.05, 0) is 37.2 Å². The Bertz CT molecular complexity index is 451. The average molecular weight is 264 g/mol. The van der Waals surface area contributed by atoms with Gasteiger partial charge in [-0.3, -0.25) is 9.48 Å². The van der Waals surface area contributed by atoms with Crippen molar-refractivity contribution in [1.29, 1.82) is 0 Å². The molecule has 0 radical (unpaired) electrons. The fourth-order valence-electron chi connectivity index (χ4n) is 3.25. The Morgan fingerprint density at radius 3 is 2.95 bits per heavy atom. The van der Waals surface area contributed by atoms with Gasteiger partial charge in [-0.15, -0.1) is 0 Å². The number of carboxylic acid groups (broad SMARTS) is 1. The Kier molecular flexibility index (Phi) is 3.97. The first-order valence-corrected chi connectivity index (χ1v) is 7.19. The van der Waals surface area contributed by atoms with Crippen LogP contribution in [0.15, 0.2) is 12.3 Å². The first-order chi connectivity index (χ1) is 8.94. The molecule has 1 aliphatic rings. The molecule has 1 heterocycles. The molecule has 19 heavy (non-hydrogen) atoms. The van der Waals surface area contributed by atoms with Gasteiger partial charge in [0.05, 0.1) is 5.92 Å². The van der Waals surface area contributed by atoms with Crippen molar-refractivity contribution in [1.82, 2.24) is 9.78 Å². The topological polar surface area (TPSA) is 55.1 Å². The van der Waals surface area contributed by atoms with Crippen molar-refractivity contribution in [2.24, 2.45) is 11.3 Å². The summed E-state index contributed by atoms with van der Waals surface area (Å²) in [6.45, 7) is 7.45. The third kappa shape index (κ3) is 2.99. The zero-order chi connectivity index (χ0) is 14.0. The summed E-state index contributed by atoms with van der Waals surface area (Å²) >= 11 is 0. The number of aromatic nitrogens is 2. The van der Waals surface area contributed by atoms with E-state index in [1.807, 2.05) is 10.7 Å². The highest BCUT2D eigenvalue weighted by Crippen LogP contribution is 2.46. The van der Waals surface area contributed by atoms with Crippen molar-refractivity contribution in [2.75, 3.05) is 0 Å². The molecule has 106 valence electrons. The number of carboxylic acids is 1. The molecular formula is C15H24N2O2. The summed E-state index contributed by atoms with van der Waals surface area (Å²) in [5.41, 5.74) is 1.32. The second-order valence-corrected chi connectivity index (χ2v) is 6.44. The minimum Gasteiger partial charge on any atom is -0.481 e. The third-order valence-corrected chi connectivity index (χ3v) is 4.27. The molecule has 2 rings (SSSR count). The predicted molar refractivity (Wildman–Crippen MR) is 74.0 cm³/mol. The van der Waals surface area contributed by atoms with E-state index in [1.54, 1.807) is 6.20 Å². The fourth-order valence-corrected chi connectivity index (χ4v) is 3.25. The van der Waals surface area contributed by atoms with Crippen LogP contribution in [0.4, 0.5) is 0 Å². The molecule has 1 aromatic heterocycles. The molecule has 1 fully saturated rings. The van der Waals surface area contributed by atoms with Crippen LogP contribution in [-0.4, -0.2) is 20.9 Å². The molecule has 1 aliphatic carbocycles. The number of carbonyl (C=O) groups is 1. The third-order valence-electron chi connectivity index (χ3n) is 4.27. The molecule has 4 heteroatoms. The quantitative estimate of drug-likeness (QED) is 0.908. The van der Waals surface area contributed by atoms with Crippen LogP contribution in [-0.2, 0) is 11.3 Å². The Morgan fingerprint density at radius 1 is 1.58 bits per heavy atom. The Labute approximate surface area is 114 Å². The van der Waals surface area contributed by atoms with Gasteiger partial charge in [0.25, 0.3) is 0 Å². The molecule has 4 nitrogen and oxygen atoms in total. The van der Waals surface area contributed by atoms with Gasteiger partial charge in [-0.25, -0.2) is 0 Å². The molecule has 0 aliphatic heterocycles. The molecule has 0 bridgehead atoms. The Balaban J connectivity index is 2.31. The molecule has 1 aromatic rings. The normalized spacial score (nSPS) is 26.3. The SMILES string of the molecule is CCCn1nccc1C1CC(C)(C)CCC1C(=O)O.